The summed E-state index contributed by atoms with van der Waals surface area (Å²) in [5, 5.41) is 6.87. The number of hydrogen-bond donors (Lipinski definition) is 1. The second kappa shape index (κ2) is 11.9. The van der Waals surface area contributed by atoms with Crippen LogP contribution in [0.1, 0.15) is 29.4 Å². The topological polar surface area (TPSA) is 112 Å². The molecule has 37 heavy (non-hydrogen) atoms. The first-order chi connectivity index (χ1) is 18.1. The molecule has 1 N–H and O–H groups in total. The summed E-state index contributed by atoms with van der Waals surface area (Å²) in [6, 6.07) is 28.7. The van der Waals surface area contributed by atoms with E-state index in [4.69, 9.17) is 14.3 Å². The lowest BCUT2D eigenvalue weighted by molar-refractivity contribution is -0.133. The Morgan fingerprint density at radius 1 is 0.892 bits per heavy atom. The van der Waals surface area contributed by atoms with E-state index in [1.807, 2.05) is 91.0 Å². The first-order valence-electron chi connectivity index (χ1n) is 11.4. The highest BCUT2D eigenvalue weighted by Crippen LogP contribution is 2.40. The molecular weight excluding hydrogens is 492 g/mol. The fraction of sp³-hybridized carbons (Fsp3) is 0.148. The number of anilines is 1. The van der Waals surface area contributed by atoms with Gasteiger partial charge < -0.3 is 14.3 Å². The van der Waals surface area contributed by atoms with Gasteiger partial charge in [0.15, 0.2) is 0 Å². The van der Waals surface area contributed by atoms with E-state index in [1.165, 1.54) is 7.11 Å². The number of nitrogens with one attached hydrogen (secondary N) is 1. The molecule has 3 aromatic carbocycles. The van der Waals surface area contributed by atoms with Crippen molar-refractivity contribution in [1.29, 1.82) is 0 Å². The Kier molecular flexibility index (Phi) is 8.22. The van der Waals surface area contributed by atoms with Gasteiger partial charge in [-0.25, -0.2) is 9.59 Å². The number of aromatic nitrogens is 2. The van der Waals surface area contributed by atoms with Crippen LogP contribution < -0.4 is 5.32 Å². The van der Waals surface area contributed by atoms with E-state index in [-0.39, 0.29) is 23.3 Å². The van der Waals surface area contributed by atoms with Crippen molar-refractivity contribution >= 4 is 34.4 Å². The molecule has 4 rings (SSSR count). The standard InChI is InChI=1S/C27H24N4O5S/c1-3-35-26(33)29-25-28-23(31-37-25)22(24(32)34-2)30-36-27(19-13-7-4-8-14-19,20-15-9-5-10-16-20)21-17-11-6-12-18-21/h4-18H,3H2,1-2H3,(H,28,29,31,33)/b30-22+. The molecule has 0 atom stereocenters. The van der Waals surface area contributed by atoms with Crippen LogP contribution in [0.5, 0.6) is 0 Å². The summed E-state index contributed by atoms with van der Waals surface area (Å²) < 4.78 is 14.0. The second-order valence-electron chi connectivity index (χ2n) is 7.57. The third kappa shape index (κ3) is 5.65. The van der Waals surface area contributed by atoms with Crippen LogP contribution in [0.3, 0.4) is 0 Å². The Balaban J connectivity index is 1.84. The summed E-state index contributed by atoms with van der Waals surface area (Å²) in [5.41, 5.74) is 0.886. The van der Waals surface area contributed by atoms with Crippen LogP contribution in [-0.2, 0) is 24.7 Å². The summed E-state index contributed by atoms with van der Waals surface area (Å²) in [5.74, 6) is -0.865. The van der Waals surface area contributed by atoms with Crippen molar-refractivity contribution in [2.75, 3.05) is 19.0 Å². The smallest absolute Gasteiger partial charge is 0.413 e. The summed E-state index contributed by atoms with van der Waals surface area (Å²) in [4.78, 5) is 35.1. The lowest BCUT2D eigenvalue weighted by Crippen LogP contribution is -2.32. The molecule has 0 aliphatic rings. The number of benzene rings is 3. The maximum Gasteiger partial charge on any atom is 0.413 e. The van der Waals surface area contributed by atoms with Crippen molar-refractivity contribution in [3.05, 3.63) is 114 Å². The molecule has 0 unspecified atom stereocenters. The number of nitrogens with zero attached hydrogens (tertiary/aromatic N) is 3. The maximum absolute atomic E-state index is 12.8. The van der Waals surface area contributed by atoms with Crippen LogP contribution in [0.2, 0.25) is 0 Å². The van der Waals surface area contributed by atoms with Crippen LogP contribution in [-0.4, -0.2) is 40.8 Å². The van der Waals surface area contributed by atoms with Gasteiger partial charge in [0, 0.05) is 28.2 Å². The lowest BCUT2D eigenvalue weighted by Gasteiger charge is -2.33. The van der Waals surface area contributed by atoms with Crippen LogP contribution in [0.15, 0.2) is 96.2 Å². The van der Waals surface area contributed by atoms with E-state index >= 15 is 0 Å². The molecular formula is C27H24N4O5S. The van der Waals surface area contributed by atoms with Crippen molar-refractivity contribution < 1.29 is 23.9 Å². The number of ether oxygens (including phenoxy) is 2. The SMILES string of the molecule is CCOC(=O)Nc1nc(/C(=N\OC(c2ccccc2)(c2ccccc2)c2ccccc2)C(=O)OC)ns1. The largest absolute Gasteiger partial charge is 0.464 e. The predicted molar refractivity (Wildman–Crippen MR) is 139 cm³/mol. The average Bonchev–Trinajstić information content (AvgIpc) is 3.40. The number of rotatable bonds is 9. The third-order valence-corrected chi connectivity index (χ3v) is 5.95. The molecule has 0 fully saturated rings. The summed E-state index contributed by atoms with van der Waals surface area (Å²) in [6.45, 7) is 1.88. The molecule has 9 nitrogen and oxygen atoms in total. The van der Waals surface area contributed by atoms with Crippen molar-refractivity contribution in [3.8, 4) is 0 Å². The van der Waals surface area contributed by atoms with E-state index in [9.17, 15) is 9.59 Å². The summed E-state index contributed by atoms with van der Waals surface area (Å²) in [7, 11) is 1.22. The average molecular weight is 517 g/mol. The zero-order chi connectivity index (χ0) is 26.1. The second-order valence-corrected chi connectivity index (χ2v) is 8.32. The maximum atomic E-state index is 12.8. The third-order valence-electron chi connectivity index (χ3n) is 5.32. The Hall–Kier alpha value is -4.57. The van der Waals surface area contributed by atoms with Gasteiger partial charge >= 0.3 is 12.1 Å². The van der Waals surface area contributed by atoms with E-state index < -0.39 is 17.7 Å². The van der Waals surface area contributed by atoms with Crippen molar-refractivity contribution in [2.45, 2.75) is 12.5 Å². The molecule has 0 radical (unpaired) electrons. The van der Waals surface area contributed by atoms with E-state index in [0.29, 0.717) is 0 Å². The Morgan fingerprint density at radius 2 is 1.41 bits per heavy atom. The highest BCUT2D eigenvalue weighted by molar-refractivity contribution is 7.10. The number of carbonyl (C=O) groups is 2. The fourth-order valence-corrected chi connectivity index (χ4v) is 4.24. The van der Waals surface area contributed by atoms with Crippen molar-refractivity contribution in [1.82, 2.24) is 9.36 Å². The summed E-state index contributed by atoms with van der Waals surface area (Å²) in [6.07, 6.45) is -0.686. The van der Waals surface area contributed by atoms with Gasteiger partial charge in [0.05, 0.1) is 13.7 Å². The van der Waals surface area contributed by atoms with Gasteiger partial charge in [0.25, 0.3) is 0 Å². The zero-order valence-electron chi connectivity index (χ0n) is 20.2. The zero-order valence-corrected chi connectivity index (χ0v) is 21.0. The van der Waals surface area contributed by atoms with Crippen LogP contribution in [0.4, 0.5) is 9.93 Å². The van der Waals surface area contributed by atoms with Gasteiger partial charge in [-0.1, -0.05) is 96.2 Å². The number of esters is 1. The first kappa shape index (κ1) is 25.5. The minimum absolute atomic E-state index is 0.0632. The van der Waals surface area contributed by atoms with Crippen LogP contribution >= 0.6 is 11.5 Å². The fourth-order valence-electron chi connectivity index (χ4n) is 3.68. The summed E-state index contributed by atoms with van der Waals surface area (Å²) >= 11 is 0.865. The molecule has 10 heteroatoms. The highest BCUT2D eigenvalue weighted by Gasteiger charge is 2.40. The van der Waals surface area contributed by atoms with E-state index in [1.54, 1.807) is 6.92 Å². The molecule has 1 heterocycles. The van der Waals surface area contributed by atoms with Gasteiger partial charge in [0.2, 0.25) is 22.3 Å². The monoisotopic (exact) mass is 516 g/mol. The van der Waals surface area contributed by atoms with Crippen LogP contribution in [0.25, 0.3) is 0 Å². The minimum atomic E-state index is -1.22. The minimum Gasteiger partial charge on any atom is -0.464 e. The molecule has 1 amide bonds. The number of hydrogen-bond acceptors (Lipinski definition) is 9. The van der Waals surface area contributed by atoms with E-state index in [0.717, 1.165) is 28.2 Å². The molecule has 1 aromatic heterocycles. The predicted octanol–water partition coefficient (Wildman–Crippen LogP) is 4.99. The normalized spacial score (nSPS) is 11.5. The van der Waals surface area contributed by atoms with Crippen LogP contribution in [0, 0.1) is 0 Å². The molecule has 0 bridgehead atoms. The Labute approximate surface area is 217 Å². The Morgan fingerprint density at radius 3 is 1.86 bits per heavy atom. The Bertz CT molecular complexity index is 1260. The number of carbonyl (C=O) groups excluding carboxylic acids is 2. The molecule has 0 saturated carbocycles. The molecule has 188 valence electrons. The number of amides is 1. The lowest BCUT2D eigenvalue weighted by atomic mass is 9.80. The molecule has 0 aliphatic carbocycles. The first-order valence-corrected chi connectivity index (χ1v) is 12.1. The number of methoxy groups -OCH3 is 1. The van der Waals surface area contributed by atoms with Gasteiger partial charge in [-0.15, -0.1) is 0 Å². The molecule has 0 aliphatic heterocycles. The van der Waals surface area contributed by atoms with Crippen molar-refractivity contribution in [2.24, 2.45) is 5.16 Å². The van der Waals surface area contributed by atoms with Gasteiger partial charge in [-0.3, -0.25) is 5.32 Å². The van der Waals surface area contributed by atoms with Gasteiger partial charge in [0.1, 0.15) is 0 Å². The quantitative estimate of drug-likeness (QED) is 0.144. The molecule has 0 spiro atoms. The number of oxime groups is 1. The van der Waals surface area contributed by atoms with E-state index in [2.05, 4.69) is 19.8 Å². The highest BCUT2D eigenvalue weighted by atomic mass is 32.1. The van der Waals surface area contributed by atoms with Crippen molar-refractivity contribution in [3.63, 3.8) is 0 Å². The van der Waals surface area contributed by atoms with Gasteiger partial charge in [-0.05, 0) is 6.92 Å². The van der Waals surface area contributed by atoms with Gasteiger partial charge in [-0.2, -0.15) is 9.36 Å². The molecule has 4 aromatic rings. The molecule has 0 saturated heterocycles.